The van der Waals surface area contributed by atoms with Crippen molar-refractivity contribution < 1.29 is 9.59 Å². The van der Waals surface area contributed by atoms with Gasteiger partial charge in [0.2, 0.25) is 11.8 Å². The first-order valence-corrected chi connectivity index (χ1v) is 7.22. The fraction of sp³-hybridized carbons (Fsp3) is 0.176. The number of benzene rings is 2. The predicted molar refractivity (Wildman–Crippen MR) is 89.3 cm³/mol. The summed E-state index contributed by atoms with van der Waals surface area (Å²) in [5.74, 6) is -0.144. The molecule has 0 bridgehead atoms. The van der Waals surface area contributed by atoms with E-state index in [1.807, 2.05) is 12.1 Å². The smallest absolute Gasteiger partial charge is 0.231 e. The lowest BCUT2D eigenvalue weighted by Gasteiger charge is -2.18. The number of amides is 2. The van der Waals surface area contributed by atoms with Crippen LogP contribution in [0, 0.1) is 0 Å². The highest BCUT2D eigenvalue weighted by Crippen LogP contribution is 2.18. The van der Waals surface area contributed by atoms with Crippen molar-refractivity contribution in [2.75, 3.05) is 17.3 Å². The van der Waals surface area contributed by atoms with Crippen LogP contribution < -0.4 is 10.2 Å². The largest absolute Gasteiger partial charge is 0.326 e. The molecule has 0 aromatic heterocycles. The van der Waals surface area contributed by atoms with Crippen LogP contribution in [-0.4, -0.2) is 18.9 Å². The highest BCUT2D eigenvalue weighted by atomic mass is 35.5. The van der Waals surface area contributed by atoms with Crippen LogP contribution in [0.2, 0.25) is 5.02 Å². The average Bonchev–Trinajstić information content (AvgIpc) is 2.49. The molecule has 0 spiro atoms. The molecule has 0 atom stereocenters. The molecule has 2 aromatic carbocycles. The van der Waals surface area contributed by atoms with Crippen LogP contribution in [0.1, 0.15) is 12.5 Å². The molecule has 5 heteroatoms. The zero-order chi connectivity index (χ0) is 16.1. The second-order valence-corrected chi connectivity index (χ2v) is 5.42. The van der Waals surface area contributed by atoms with Crippen LogP contribution in [0.25, 0.3) is 0 Å². The molecule has 0 fully saturated rings. The SMILES string of the molecule is CC(=O)Nc1ccc(N(C)C(=O)Cc2ccc(Cl)cc2)cc1. The summed E-state index contributed by atoms with van der Waals surface area (Å²) in [6.07, 6.45) is 0.307. The quantitative estimate of drug-likeness (QED) is 0.938. The summed E-state index contributed by atoms with van der Waals surface area (Å²) in [6.45, 7) is 1.45. The molecule has 114 valence electrons. The zero-order valence-corrected chi connectivity index (χ0v) is 13.2. The van der Waals surface area contributed by atoms with Gasteiger partial charge in [-0.05, 0) is 42.0 Å². The summed E-state index contributed by atoms with van der Waals surface area (Å²) in [5, 5.41) is 3.34. The third-order valence-corrected chi connectivity index (χ3v) is 3.47. The number of nitrogens with zero attached hydrogens (tertiary/aromatic N) is 1. The highest BCUT2D eigenvalue weighted by Gasteiger charge is 2.11. The van der Waals surface area contributed by atoms with Gasteiger partial charge in [-0.1, -0.05) is 23.7 Å². The van der Waals surface area contributed by atoms with Gasteiger partial charge in [0.05, 0.1) is 6.42 Å². The molecular formula is C17H17ClN2O2. The van der Waals surface area contributed by atoms with Crippen LogP contribution >= 0.6 is 11.6 Å². The Morgan fingerprint density at radius 1 is 1.05 bits per heavy atom. The molecule has 4 nitrogen and oxygen atoms in total. The van der Waals surface area contributed by atoms with E-state index in [1.54, 1.807) is 48.3 Å². The third kappa shape index (κ3) is 4.33. The Kier molecular flexibility index (Phi) is 5.17. The molecule has 0 aliphatic heterocycles. The van der Waals surface area contributed by atoms with E-state index >= 15 is 0 Å². The minimum atomic E-state index is -0.125. The number of likely N-dealkylation sites (N-methyl/N-ethyl adjacent to an activating group) is 1. The first-order valence-electron chi connectivity index (χ1n) is 6.84. The van der Waals surface area contributed by atoms with Gasteiger partial charge in [-0.2, -0.15) is 0 Å². The Bertz CT molecular complexity index is 666. The Labute approximate surface area is 134 Å². The number of nitrogens with one attached hydrogen (secondary N) is 1. The molecule has 2 aromatic rings. The summed E-state index contributed by atoms with van der Waals surface area (Å²) in [7, 11) is 1.73. The van der Waals surface area contributed by atoms with Crippen LogP contribution in [0.3, 0.4) is 0 Å². The Hall–Kier alpha value is -2.33. The minimum absolute atomic E-state index is 0.0189. The van der Waals surface area contributed by atoms with Gasteiger partial charge in [0.1, 0.15) is 0 Å². The molecule has 0 radical (unpaired) electrons. The van der Waals surface area contributed by atoms with Crippen LogP contribution in [-0.2, 0) is 16.0 Å². The van der Waals surface area contributed by atoms with Gasteiger partial charge in [-0.25, -0.2) is 0 Å². The van der Waals surface area contributed by atoms with Gasteiger partial charge in [0.25, 0.3) is 0 Å². The monoisotopic (exact) mass is 316 g/mol. The van der Waals surface area contributed by atoms with Crippen LogP contribution in [0.4, 0.5) is 11.4 Å². The zero-order valence-electron chi connectivity index (χ0n) is 12.5. The number of hydrogen-bond donors (Lipinski definition) is 1. The molecule has 22 heavy (non-hydrogen) atoms. The summed E-state index contributed by atoms with van der Waals surface area (Å²) >= 11 is 5.83. The van der Waals surface area contributed by atoms with Crippen molar-refractivity contribution in [1.82, 2.24) is 0 Å². The number of rotatable bonds is 4. The molecule has 0 unspecified atom stereocenters. The number of carbonyl (C=O) groups is 2. The second-order valence-electron chi connectivity index (χ2n) is 4.98. The predicted octanol–water partition coefficient (Wildman–Crippen LogP) is 3.50. The molecule has 1 N–H and O–H groups in total. The van der Waals surface area contributed by atoms with E-state index in [0.717, 1.165) is 11.3 Å². The maximum absolute atomic E-state index is 12.3. The van der Waals surface area contributed by atoms with Crippen molar-refractivity contribution >= 4 is 34.8 Å². The van der Waals surface area contributed by atoms with E-state index in [1.165, 1.54) is 6.92 Å². The standard InChI is InChI=1S/C17H17ClN2O2/c1-12(21)19-15-7-9-16(10-8-15)20(2)17(22)11-13-3-5-14(18)6-4-13/h3-10H,11H2,1-2H3,(H,19,21). The van der Waals surface area contributed by atoms with E-state index < -0.39 is 0 Å². The number of halogens is 1. The average molecular weight is 317 g/mol. The van der Waals surface area contributed by atoms with Crippen molar-refractivity contribution in [2.24, 2.45) is 0 Å². The molecule has 0 saturated heterocycles. The molecule has 0 heterocycles. The van der Waals surface area contributed by atoms with E-state index in [4.69, 9.17) is 11.6 Å². The van der Waals surface area contributed by atoms with Crippen molar-refractivity contribution in [3.05, 3.63) is 59.1 Å². The minimum Gasteiger partial charge on any atom is -0.326 e. The summed E-state index contributed by atoms with van der Waals surface area (Å²) in [4.78, 5) is 24.9. The number of carbonyl (C=O) groups excluding carboxylic acids is 2. The number of hydrogen-bond acceptors (Lipinski definition) is 2. The fourth-order valence-electron chi connectivity index (χ4n) is 2.01. The molecule has 2 rings (SSSR count). The van der Waals surface area contributed by atoms with E-state index in [-0.39, 0.29) is 11.8 Å². The van der Waals surface area contributed by atoms with Gasteiger partial charge in [0.15, 0.2) is 0 Å². The second kappa shape index (κ2) is 7.09. The Morgan fingerprint density at radius 3 is 2.18 bits per heavy atom. The van der Waals surface area contributed by atoms with Crippen molar-refractivity contribution in [1.29, 1.82) is 0 Å². The first-order chi connectivity index (χ1) is 10.5. The summed E-state index contributed by atoms with van der Waals surface area (Å²) < 4.78 is 0. The lowest BCUT2D eigenvalue weighted by molar-refractivity contribution is -0.117. The Balaban J connectivity index is 2.03. The van der Waals surface area contributed by atoms with E-state index in [0.29, 0.717) is 17.1 Å². The van der Waals surface area contributed by atoms with Gasteiger partial charge in [-0.15, -0.1) is 0 Å². The van der Waals surface area contributed by atoms with Gasteiger partial charge in [-0.3, -0.25) is 9.59 Å². The molecule has 0 aliphatic rings. The lowest BCUT2D eigenvalue weighted by Crippen LogP contribution is -2.27. The van der Waals surface area contributed by atoms with Crippen molar-refractivity contribution in [3.63, 3.8) is 0 Å². The maximum atomic E-state index is 12.3. The normalized spacial score (nSPS) is 10.1. The van der Waals surface area contributed by atoms with Gasteiger partial charge in [0, 0.05) is 30.4 Å². The summed E-state index contributed by atoms with van der Waals surface area (Å²) in [5.41, 5.74) is 2.39. The highest BCUT2D eigenvalue weighted by molar-refractivity contribution is 6.30. The van der Waals surface area contributed by atoms with E-state index in [2.05, 4.69) is 5.32 Å². The van der Waals surface area contributed by atoms with Crippen molar-refractivity contribution in [3.8, 4) is 0 Å². The fourth-order valence-corrected chi connectivity index (χ4v) is 2.14. The maximum Gasteiger partial charge on any atom is 0.231 e. The third-order valence-electron chi connectivity index (χ3n) is 3.22. The first kappa shape index (κ1) is 16.0. The molecule has 2 amide bonds. The van der Waals surface area contributed by atoms with Crippen LogP contribution in [0.15, 0.2) is 48.5 Å². The van der Waals surface area contributed by atoms with Gasteiger partial charge >= 0.3 is 0 Å². The topological polar surface area (TPSA) is 49.4 Å². The molecule has 0 saturated carbocycles. The van der Waals surface area contributed by atoms with Gasteiger partial charge < -0.3 is 10.2 Å². The molecule has 0 aliphatic carbocycles. The molecular weight excluding hydrogens is 300 g/mol. The lowest BCUT2D eigenvalue weighted by atomic mass is 10.1. The van der Waals surface area contributed by atoms with Crippen LogP contribution in [0.5, 0.6) is 0 Å². The number of anilines is 2. The van der Waals surface area contributed by atoms with Crippen molar-refractivity contribution in [2.45, 2.75) is 13.3 Å². The summed E-state index contributed by atoms with van der Waals surface area (Å²) in [6, 6.07) is 14.3. The Morgan fingerprint density at radius 2 is 1.64 bits per heavy atom. The van der Waals surface area contributed by atoms with E-state index in [9.17, 15) is 9.59 Å².